The van der Waals surface area contributed by atoms with Crippen molar-refractivity contribution in [1.82, 2.24) is 4.90 Å². The van der Waals surface area contributed by atoms with Gasteiger partial charge in [0, 0.05) is 25.4 Å². The SMILES string of the molecule is CC(N)CCC(=O)N1Cc2ccccc2CC1C(=O)O. The first kappa shape index (κ1) is 14.5. The zero-order chi connectivity index (χ0) is 14.7. The molecule has 1 aromatic carbocycles. The van der Waals surface area contributed by atoms with E-state index in [9.17, 15) is 14.7 Å². The van der Waals surface area contributed by atoms with Gasteiger partial charge in [-0.05, 0) is 24.5 Å². The lowest BCUT2D eigenvalue weighted by atomic mass is 9.93. The van der Waals surface area contributed by atoms with Gasteiger partial charge in [0.2, 0.25) is 5.91 Å². The van der Waals surface area contributed by atoms with Crippen LogP contribution in [0.25, 0.3) is 0 Å². The van der Waals surface area contributed by atoms with Crippen LogP contribution in [0, 0.1) is 0 Å². The summed E-state index contributed by atoms with van der Waals surface area (Å²) in [5.41, 5.74) is 7.69. The maximum absolute atomic E-state index is 12.2. The van der Waals surface area contributed by atoms with Crippen LogP contribution in [0.3, 0.4) is 0 Å². The molecule has 2 atom stereocenters. The van der Waals surface area contributed by atoms with Gasteiger partial charge in [-0.25, -0.2) is 4.79 Å². The molecule has 1 heterocycles. The third-order valence-electron chi connectivity index (χ3n) is 3.67. The second-order valence-electron chi connectivity index (χ2n) is 5.36. The number of rotatable bonds is 4. The monoisotopic (exact) mass is 276 g/mol. The van der Waals surface area contributed by atoms with E-state index in [1.807, 2.05) is 31.2 Å². The Bertz CT molecular complexity index is 514. The van der Waals surface area contributed by atoms with Gasteiger partial charge in [0.15, 0.2) is 0 Å². The Morgan fingerprint density at radius 2 is 2.05 bits per heavy atom. The van der Waals surface area contributed by atoms with Gasteiger partial charge in [0.25, 0.3) is 0 Å². The molecule has 0 saturated carbocycles. The molecule has 1 amide bonds. The lowest BCUT2D eigenvalue weighted by Crippen LogP contribution is -2.48. The molecular formula is C15H20N2O3. The van der Waals surface area contributed by atoms with Gasteiger partial charge in [-0.15, -0.1) is 0 Å². The number of amides is 1. The zero-order valence-electron chi connectivity index (χ0n) is 11.6. The van der Waals surface area contributed by atoms with Gasteiger partial charge in [-0.1, -0.05) is 24.3 Å². The second-order valence-corrected chi connectivity index (χ2v) is 5.36. The van der Waals surface area contributed by atoms with Crippen molar-refractivity contribution in [3.8, 4) is 0 Å². The molecule has 0 radical (unpaired) electrons. The number of benzene rings is 1. The van der Waals surface area contributed by atoms with Gasteiger partial charge in [0.05, 0.1) is 0 Å². The zero-order valence-corrected chi connectivity index (χ0v) is 11.6. The van der Waals surface area contributed by atoms with Gasteiger partial charge in [-0.2, -0.15) is 0 Å². The summed E-state index contributed by atoms with van der Waals surface area (Å²) in [4.78, 5) is 25.1. The quantitative estimate of drug-likeness (QED) is 0.864. The second kappa shape index (κ2) is 6.05. The van der Waals surface area contributed by atoms with E-state index in [1.165, 1.54) is 4.90 Å². The number of nitrogens with zero attached hydrogens (tertiary/aromatic N) is 1. The van der Waals surface area contributed by atoms with Crippen molar-refractivity contribution in [1.29, 1.82) is 0 Å². The number of aliphatic carboxylic acids is 1. The van der Waals surface area contributed by atoms with E-state index in [-0.39, 0.29) is 11.9 Å². The van der Waals surface area contributed by atoms with Crippen molar-refractivity contribution in [2.45, 2.75) is 44.8 Å². The van der Waals surface area contributed by atoms with Crippen LogP contribution in [-0.2, 0) is 22.6 Å². The molecule has 20 heavy (non-hydrogen) atoms. The Hall–Kier alpha value is -1.88. The van der Waals surface area contributed by atoms with Crippen LogP contribution in [-0.4, -0.2) is 34.0 Å². The predicted octanol–water partition coefficient (Wildman–Crippen LogP) is 1.15. The molecule has 0 aliphatic carbocycles. The summed E-state index contributed by atoms with van der Waals surface area (Å²) in [5, 5.41) is 9.34. The average Bonchev–Trinajstić information content (AvgIpc) is 2.43. The Balaban J connectivity index is 2.18. The smallest absolute Gasteiger partial charge is 0.326 e. The number of nitrogens with two attached hydrogens (primary N) is 1. The normalized spacial score (nSPS) is 19.3. The lowest BCUT2D eigenvalue weighted by Gasteiger charge is -2.34. The number of hydrogen-bond donors (Lipinski definition) is 2. The first-order chi connectivity index (χ1) is 9.49. The first-order valence-electron chi connectivity index (χ1n) is 6.83. The fraction of sp³-hybridized carbons (Fsp3) is 0.467. The highest BCUT2D eigenvalue weighted by Gasteiger charge is 2.34. The van der Waals surface area contributed by atoms with Crippen LogP contribution in [0.4, 0.5) is 0 Å². The lowest BCUT2D eigenvalue weighted by molar-refractivity contribution is -0.151. The highest BCUT2D eigenvalue weighted by Crippen LogP contribution is 2.24. The standard InChI is InChI=1S/C15H20N2O3/c1-10(16)6-7-14(18)17-9-12-5-3-2-4-11(12)8-13(17)15(19)20/h2-5,10,13H,6-9,16H2,1H3,(H,19,20). The average molecular weight is 276 g/mol. The van der Waals surface area contributed by atoms with Crippen molar-refractivity contribution in [3.63, 3.8) is 0 Å². The minimum atomic E-state index is -0.950. The van der Waals surface area contributed by atoms with Gasteiger partial charge in [-0.3, -0.25) is 4.79 Å². The summed E-state index contributed by atoms with van der Waals surface area (Å²) in [7, 11) is 0. The summed E-state index contributed by atoms with van der Waals surface area (Å²) < 4.78 is 0. The Morgan fingerprint density at radius 1 is 1.40 bits per heavy atom. The third kappa shape index (κ3) is 3.17. The fourth-order valence-electron chi connectivity index (χ4n) is 2.50. The minimum Gasteiger partial charge on any atom is -0.480 e. The third-order valence-corrected chi connectivity index (χ3v) is 3.67. The highest BCUT2D eigenvalue weighted by atomic mass is 16.4. The molecule has 2 unspecified atom stereocenters. The number of carbonyl (C=O) groups excluding carboxylic acids is 1. The van der Waals surface area contributed by atoms with E-state index in [2.05, 4.69) is 0 Å². The van der Waals surface area contributed by atoms with Crippen molar-refractivity contribution < 1.29 is 14.7 Å². The summed E-state index contributed by atoms with van der Waals surface area (Å²) in [5.74, 6) is -1.09. The van der Waals surface area contributed by atoms with Crippen LogP contribution in [0.2, 0.25) is 0 Å². The van der Waals surface area contributed by atoms with Crippen LogP contribution in [0.15, 0.2) is 24.3 Å². The van der Waals surface area contributed by atoms with Crippen LogP contribution in [0.1, 0.15) is 30.9 Å². The van der Waals surface area contributed by atoms with E-state index in [0.717, 1.165) is 11.1 Å². The van der Waals surface area contributed by atoms with Crippen LogP contribution in [0.5, 0.6) is 0 Å². The topological polar surface area (TPSA) is 83.6 Å². The van der Waals surface area contributed by atoms with E-state index >= 15 is 0 Å². The predicted molar refractivity (Wildman–Crippen MR) is 75.0 cm³/mol. The molecule has 0 bridgehead atoms. The van der Waals surface area contributed by atoms with Gasteiger partial charge < -0.3 is 15.7 Å². The Morgan fingerprint density at radius 3 is 2.65 bits per heavy atom. The van der Waals surface area contributed by atoms with E-state index in [0.29, 0.717) is 25.8 Å². The molecule has 0 aromatic heterocycles. The molecule has 1 aliphatic heterocycles. The minimum absolute atomic E-state index is 0.0562. The molecule has 2 rings (SSSR count). The number of carbonyl (C=O) groups is 2. The molecule has 1 aliphatic rings. The summed E-state index contributed by atoms with van der Waals surface area (Å²) in [6.45, 7) is 2.21. The molecule has 1 aromatic rings. The fourth-order valence-corrected chi connectivity index (χ4v) is 2.50. The molecule has 0 saturated heterocycles. The maximum Gasteiger partial charge on any atom is 0.326 e. The number of hydrogen-bond acceptors (Lipinski definition) is 3. The van der Waals surface area contributed by atoms with Crippen molar-refractivity contribution in [2.75, 3.05) is 0 Å². The van der Waals surface area contributed by atoms with E-state index in [1.54, 1.807) is 0 Å². The largest absolute Gasteiger partial charge is 0.480 e. The summed E-state index contributed by atoms with van der Waals surface area (Å²) in [6.07, 6.45) is 1.24. The molecule has 0 fully saturated rings. The molecular weight excluding hydrogens is 256 g/mol. The Labute approximate surface area is 118 Å². The summed E-state index contributed by atoms with van der Waals surface area (Å²) >= 11 is 0. The maximum atomic E-state index is 12.2. The number of carboxylic acids is 1. The van der Waals surface area contributed by atoms with E-state index in [4.69, 9.17) is 5.73 Å². The molecule has 5 nitrogen and oxygen atoms in total. The van der Waals surface area contributed by atoms with Crippen molar-refractivity contribution >= 4 is 11.9 Å². The molecule has 108 valence electrons. The summed E-state index contributed by atoms with van der Waals surface area (Å²) in [6, 6.07) is 6.84. The first-order valence-corrected chi connectivity index (χ1v) is 6.83. The van der Waals surface area contributed by atoms with E-state index < -0.39 is 12.0 Å². The van der Waals surface area contributed by atoms with Crippen molar-refractivity contribution in [3.05, 3.63) is 35.4 Å². The van der Waals surface area contributed by atoms with Crippen molar-refractivity contribution in [2.24, 2.45) is 5.73 Å². The van der Waals surface area contributed by atoms with Gasteiger partial charge in [0.1, 0.15) is 6.04 Å². The van der Waals surface area contributed by atoms with Crippen LogP contribution >= 0.6 is 0 Å². The molecule has 5 heteroatoms. The number of carboxylic acid groups (broad SMARTS) is 1. The van der Waals surface area contributed by atoms with Gasteiger partial charge >= 0.3 is 5.97 Å². The van der Waals surface area contributed by atoms with Crippen LogP contribution < -0.4 is 5.73 Å². The Kier molecular flexibility index (Phi) is 4.39. The molecule has 3 N–H and O–H groups in total. The molecule has 0 spiro atoms. The number of fused-ring (bicyclic) bond motifs is 1. The highest BCUT2D eigenvalue weighted by molar-refractivity contribution is 5.84.